The summed E-state index contributed by atoms with van der Waals surface area (Å²) >= 11 is 0. The third kappa shape index (κ3) is 3.17. The van der Waals surface area contributed by atoms with E-state index in [0.717, 1.165) is 22.2 Å². The largest absolute Gasteiger partial charge is 0.493 e. The summed E-state index contributed by atoms with van der Waals surface area (Å²) in [7, 11) is 3.15. The minimum atomic E-state index is -0.468. The first-order valence-electron chi connectivity index (χ1n) is 10.1. The van der Waals surface area contributed by atoms with Gasteiger partial charge in [0, 0.05) is 5.69 Å². The normalized spacial score (nSPS) is 11.1. The quantitative estimate of drug-likeness (QED) is 0.333. The Bertz CT molecular complexity index is 1510. The van der Waals surface area contributed by atoms with E-state index in [0.29, 0.717) is 39.5 Å². The number of ether oxygens (including phenoxy) is 2. The molecule has 0 saturated heterocycles. The highest BCUT2D eigenvalue weighted by atomic mass is 16.5. The van der Waals surface area contributed by atoms with Crippen molar-refractivity contribution in [2.75, 3.05) is 19.5 Å². The number of anilines is 2. The van der Waals surface area contributed by atoms with Crippen molar-refractivity contribution in [3.05, 3.63) is 82.7 Å². The van der Waals surface area contributed by atoms with Crippen molar-refractivity contribution in [3.63, 3.8) is 0 Å². The lowest BCUT2D eigenvalue weighted by Crippen LogP contribution is -2.00. The van der Waals surface area contributed by atoms with E-state index in [4.69, 9.17) is 18.3 Å². The Morgan fingerprint density at radius 1 is 0.844 bits per heavy atom. The molecule has 0 fully saturated rings. The molecule has 0 amide bonds. The predicted molar refractivity (Wildman–Crippen MR) is 125 cm³/mol. The van der Waals surface area contributed by atoms with Crippen LogP contribution in [0.2, 0.25) is 0 Å². The summed E-state index contributed by atoms with van der Waals surface area (Å²) in [5.41, 5.74) is 3.73. The van der Waals surface area contributed by atoms with Gasteiger partial charge in [0.1, 0.15) is 11.0 Å². The van der Waals surface area contributed by atoms with Crippen molar-refractivity contribution in [3.8, 4) is 22.6 Å². The molecule has 0 aliphatic heterocycles. The van der Waals surface area contributed by atoms with Crippen molar-refractivity contribution in [1.82, 2.24) is 0 Å². The van der Waals surface area contributed by atoms with Crippen LogP contribution >= 0.6 is 0 Å². The molecular weight excluding hydrogens is 406 g/mol. The summed E-state index contributed by atoms with van der Waals surface area (Å²) in [6.45, 7) is 2.00. The van der Waals surface area contributed by atoms with Crippen molar-refractivity contribution < 1.29 is 18.3 Å². The van der Waals surface area contributed by atoms with Gasteiger partial charge in [-0.2, -0.15) is 0 Å². The van der Waals surface area contributed by atoms with E-state index in [1.807, 2.05) is 61.5 Å². The molecule has 32 heavy (non-hydrogen) atoms. The van der Waals surface area contributed by atoms with Gasteiger partial charge in [-0.1, -0.05) is 36.4 Å². The number of nitrogens with one attached hydrogen (secondary N) is 1. The summed E-state index contributed by atoms with van der Waals surface area (Å²) < 4.78 is 22.8. The van der Waals surface area contributed by atoms with E-state index in [9.17, 15) is 4.79 Å². The van der Waals surface area contributed by atoms with Gasteiger partial charge in [-0.3, -0.25) is 0 Å². The van der Waals surface area contributed by atoms with Gasteiger partial charge in [-0.15, -0.1) is 0 Å². The van der Waals surface area contributed by atoms with Gasteiger partial charge in [0.05, 0.1) is 25.2 Å². The van der Waals surface area contributed by atoms with Crippen LogP contribution in [-0.4, -0.2) is 14.2 Å². The number of hydrogen-bond acceptors (Lipinski definition) is 6. The summed E-state index contributed by atoms with van der Waals surface area (Å²) in [4.78, 5) is 13.1. The maximum absolute atomic E-state index is 13.1. The summed E-state index contributed by atoms with van der Waals surface area (Å²) in [6, 6.07) is 20.7. The second-order valence-electron chi connectivity index (χ2n) is 7.41. The highest BCUT2D eigenvalue weighted by molar-refractivity contribution is 6.10. The molecule has 5 aromatic rings. The average molecular weight is 427 g/mol. The molecule has 0 radical (unpaired) electrons. The molecule has 6 heteroatoms. The molecule has 6 nitrogen and oxygen atoms in total. The zero-order valence-electron chi connectivity index (χ0n) is 17.9. The van der Waals surface area contributed by atoms with E-state index in [1.165, 1.54) is 0 Å². The van der Waals surface area contributed by atoms with Crippen LogP contribution in [0.4, 0.5) is 11.6 Å². The molecular formula is C26H21NO5. The summed E-state index contributed by atoms with van der Waals surface area (Å²) in [6.07, 6.45) is 0. The monoisotopic (exact) mass is 427 g/mol. The Morgan fingerprint density at radius 3 is 2.38 bits per heavy atom. The molecule has 0 saturated carbocycles. The number of para-hydroxylation sites is 2. The molecule has 0 aliphatic carbocycles. The zero-order chi connectivity index (χ0) is 22.2. The third-order valence-corrected chi connectivity index (χ3v) is 5.51. The van der Waals surface area contributed by atoms with Crippen molar-refractivity contribution in [2.24, 2.45) is 0 Å². The minimum absolute atomic E-state index is 0.368. The molecule has 0 unspecified atom stereocenters. The van der Waals surface area contributed by atoms with Crippen LogP contribution in [0.3, 0.4) is 0 Å². The van der Waals surface area contributed by atoms with Gasteiger partial charge in [-0.25, -0.2) is 4.79 Å². The first-order chi connectivity index (χ1) is 15.6. The van der Waals surface area contributed by atoms with Crippen LogP contribution in [0.15, 0.2) is 80.4 Å². The highest BCUT2D eigenvalue weighted by Gasteiger charge is 2.24. The van der Waals surface area contributed by atoms with Crippen LogP contribution in [0.25, 0.3) is 33.1 Å². The van der Waals surface area contributed by atoms with Crippen LogP contribution in [0, 0.1) is 6.92 Å². The second-order valence-corrected chi connectivity index (χ2v) is 7.41. The van der Waals surface area contributed by atoms with E-state index < -0.39 is 5.63 Å². The van der Waals surface area contributed by atoms with Crippen molar-refractivity contribution in [1.29, 1.82) is 0 Å². The number of aryl methyl sites for hydroxylation is 1. The van der Waals surface area contributed by atoms with Crippen molar-refractivity contribution in [2.45, 2.75) is 6.92 Å². The van der Waals surface area contributed by atoms with E-state index in [-0.39, 0.29) is 0 Å². The van der Waals surface area contributed by atoms with E-state index >= 15 is 0 Å². The molecule has 0 atom stereocenters. The molecule has 1 N–H and O–H groups in total. The molecule has 0 aliphatic rings. The fourth-order valence-corrected chi connectivity index (χ4v) is 3.90. The average Bonchev–Trinajstić information content (AvgIpc) is 3.20. The number of benzene rings is 3. The molecule has 0 bridgehead atoms. The second kappa shape index (κ2) is 7.81. The molecule has 0 spiro atoms. The third-order valence-electron chi connectivity index (χ3n) is 5.51. The maximum Gasteiger partial charge on any atom is 0.348 e. The molecule has 2 heterocycles. The van der Waals surface area contributed by atoms with Crippen molar-refractivity contribution >= 4 is 33.5 Å². The standard InChI is InChI=1S/C26H21NO5/c1-15-8-4-6-10-18(15)27-25-22(16-12-13-20(29-2)21(14-16)30-3)23-24(32-25)17-9-5-7-11-19(17)31-26(23)28/h4-14,27H,1-3H3. The molecule has 160 valence electrons. The van der Waals surface area contributed by atoms with Gasteiger partial charge >= 0.3 is 5.63 Å². The lowest BCUT2D eigenvalue weighted by atomic mass is 10.0. The van der Waals surface area contributed by atoms with Gasteiger partial charge < -0.3 is 23.6 Å². The maximum atomic E-state index is 13.1. The lowest BCUT2D eigenvalue weighted by Gasteiger charge is -2.11. The Balaban J connectivity index is 1.84. The Kier molecular flexibility index (Phi) is 4.82. The van der Waals surface area contributed by atoms with E-state index in [2.05, 4.69) is 5.32 Å². The molecule has 2 aromatic heterocycles. The number of furan rings is 1. The van der Waals surface area contributed by atoms with Crippen LogP contribution in [0.5, 0.6) is 11.5 Å². The zero-order valence-corrected chi connectivity index (χ0v) is 17.9. The number of methoxy groups -OCH3 is 2. The Morgan fingerprint density at radius 2 is 1.59 bits per heavy atom. The first-order valence-corrected chi connectivity index (χ1v) is 10.1. The SMILES string of the molecule is COc1ccc(-c2c(Nc3ccccc3C)oc3c2c(=O)oc2ccccc23)cc1OC. The van der Waals surface area contributed by atoms with Gasteiger partial charge in [-0.05, 0) is 48.4 Å². The highest BCUT2D eigenvalue weighted by Crippen LogP contribution is 2.43. The smallest absolute Gasteiger partial charge is 0.348 e. The fourth-order valence-electron chi connectivity index (χ4n) is 3.90. The summed E-state index contributed by atoms with van der Waals surface area (Å²) in [5.74, 6) is 1.59. The summed E-state index contributed by atoms with van der Waals surface area (Å²) in [5, 5.41) is 4.46. The molecule has 3 aromatic carbocycles. The van der Waals surface area contributed by atoms with Crippen LogP contribution in [0.1, 0.15) is 5.56 Å². The minimum Gasteiger partial charge on any atom is -0.493 e. The Hall–Kier alpha value is -4.19. The molecule has 5 rings (SSSR count). The van der Waals surface area contributed by atoms with E-state index in [1.54, 1.807) is 26.4 Å². The first kappa shape index (κ1) is 19.8. The van der Waals surface area contributed by atoms with Crippen LogP contribution in [-0.2, 0) is 0 Å². The Labute approximate surface area is 184 Å². The number of fused-ring (bicyclic) bond motifs is 3. The lowest BCUT2D eigenvalue weighted by molar-refractivity contribution is 0.355. The predicted octanol–water partition coefficient (Wildman–Crippen LogP) is 6.28. The topological polar surface area (TPSA) is 73.8 Å². The van der Waals surface area contributed by atoms with Gasteiger partial charge in [0.2, 0.25) is 5.88 Å². The number of hydrogen-bond donors (Lipinski definition) is 1. The van der Waals surface area contributed by atoms with Gasteiger partial charge in [0.25, 0.3) is 0 Å². The number of rotatable bonds is 5. The fraction of sp³-hybridized carbons (Fsp3) is 0.115. The van der Waals surface area contributed by atoms with Crippen LogP contribution < -0.4 is 20.4 Å². The van der Waals surface area contributed by atoms with Gasteiger partial charge in [0.15, 0.2) is 17.1 Å².